The Labute approximate surface area is 183 Å². The van der Waals surface area contributed by atoms with E-state index in [1.807, 2.05) is 24.6 Å². The number of carbonyl (C=O) groups is 1. The average Bonchev–Trinajstić information content (AvgIpc) is 3.31. The molecule has 0 atom stereocenters. The van der Waals surface area contributed by atoms with E-state index >= 15 is 0 Å². The van der Waals surface area contributed by atoms with E-state index in [0.29, 0.717) is 22.8 Å². The van der Waals surface area contributed by atoms with Crippen molar-refractivity contribution in [2.45, 2.75) is 51.9 Å². The molecule has 2 N–H and O–H groups in total. The van der Waals surface area contributed by atoms with Crippen molar-refractivity contribution in [3.63, 3.8) is 0 Å². The van der Waals surface area contributed by atoms with Crippen LogP contribution in [0.25, 0.3) is 11.3 Å². The third kappa shape index (κ3) is 5.65. The number of carbonyl (C=O) groups excluding carboxylic acids is 1. The first-order valence-corrected chi connectivity index (χ1v) is 10.2. The van der Waals surface area contributed by atoms with Gasteiger partial charge in [-0.3, -0.25) is 19.1 Å². The minimum atomic E-state index is -4.42. The fraction of sp³-hybridized carbons (Fsp3) is 0.429. The second-order valence-electron chi connectivity index (χ2n) is 7.65. The maximum atomic E-state index is 12.6. The van der Waals surface area contributed by atoms with Crippen LogP contribution in [0.2, 0.25) is 0 Å². The van der Waals surface area contributed by atoms with Gasteiger partial charge in [0.1, 0.15) is 11.4 Å². The summed E-state index contributed by atoms with van der Waals surface area (Å²) in [4.78, 5) is 14.2. The lowest BCUT2D eigenvalue weighted by Gasteiger charge is -2.11. The summed E-state index contributed by atoms with van der Waals surface area (Å²) in [5.41, 5.74) is 6.71. The molecule has 11 heteroatoms. The van der Waals surface area contributed by atoms with E-state index in [0.717, 1.165) is 37.6 Å². The molecule has 1 amide bonds. The number of fused-ring (bicyclic) bond motifs is 1. The summed E-state index contributed by atoms with van der Waals surface area (Å²) in [6.45, 7) is 4.61. The molecule has 0 radical (unpaired) electrons. The highest BCUT2D eigenvalue weighted by Crippen LogP contribution is 2.30. The molecule has 0 bridgehead atoms. The first kappa shape index (κ1) is 23.3. The summed E-state index contributed by atoms with van der Waals surface area (Å²) in [7, 11) is 1.65. The van der Waals surface area contributed by atoms with Crippen molar-refractivity contribution < 1.29 is 22.7 Å². The Bertz CT molecular complexity index is 1060. The minimum Gasteiger partial charge on any atom is -0.474 e. The molecule has 0 saturated heterocycles. The summed E-state index contributed by atoms with van der Waals surface area (Å²) < 4.78 is 46.4. The molecular formula is C21H25F3N6O2. The van der Waals surface area contributed by atoms with Gasteiger partial charge in [-0.05, 0) is 51.3 Å². The number of rotatable bonds is 4. The Kier molecular flexibility index (Phi) is 6.85. The third-order valence-corrected chi connectivity index (χ3v) is 4.73. The molecule has 1 aliphatic rings. The second-order valence-corrected chi connectivity index (χ2v) is 7.65. The van der Waals surface area contributed by atoms with Crippen LogP contribution in [0.15, 0.2) is 30.5 Å². The summed E-state index contributed by atoms with van der Waals surface area (Å²) >= 11 is 0. The molecule has 4 heterocycles. The number of halogens is 3. The zero-order valence-electron chi connectivity index (χ0n) is 18.1. The summed E-state index contributed by atoms with van der Waals surface area (Å²) in [5.74, 6) is -0.0834. The minimum absolute atomic E-state index is 0.0376. The highest BCUT2D eigenvalue weighted by molar-refractivity contribution is 5.91. The first-order chi connectivity index (χ1) is 15.0. The van der Waals surface area contributed by atoms with Gasteiger partial charge in [-0.25, -0.2) is 0 Å². The van der Waals surface area contributed by atoms with E-state index < -0.39 is 17.8 Å². The standard InChI is InChI=1S/C13H12F3N3.C8H13N3O2/c14-13(15,16)12-7-9(4-5-17-12)11-8-10-3-1-2-6-19(10)18-11;1-5(2)13-7-4-6(8(9)12)11(3)10-7/h4-5,7-8H,1-3,6H2;4-5H,1-3H3,(H2,9,12). The molecule has 3 aromatic rings. The Balaban J connectivity index is 0.000000195. The number of ether oxygens (including phenoxy) is 1. The lowest BCUT2D eigenvalue weighted by Crippen LogP contribution is -2.15. The number of nitrogens with zero attached hydrogens (tertiary/aromatic N) is 5. The van der Waals surface area contributed by atoms with Crippen molar-refractivity contribution >= 4 is 5.91 Å². The maximum Gasteiger partial charge on any atom is 0.433 e. The van der Waals surface area contributed by atoms with Gasteiger partial charge in [0, 0.05) is 37.1 Å². The molecule has 0 fully saturated rings. The molecular weight excluding hydrogens is 425 g/mol. The molecule has 32 heavy (non-hydrogen) atoms. The number of primary amides is 1. The van der Waals surface area contributed by atoms with Gasteiger partial charge in [0.05, 0.1) is 11.8 Å². The van der Waals surface area contributed by atoms with Crippen molar-refractivity contribution in [2.24, 2.45) is 12.8 Å². The van der Waals surface area contributed by atoms with Gasteiger partial charge in [-0.1, -0.05) is 0 Å². The van der Waals surface area contributed by atoms with Gasteiger partial charge in [-0.2, -0.15) is 18.3 Å². The van der Waals surface area contributed by atoms with Crippen LogP contribution >= 0.6 is 0 Å². The molecule has 0 aromatic carbocycles. The Morgan fingerprint density at radius 2 is 1.94 bits per heavy atom. The quantitative estimate of drug-likeness (QED) is 0.655. The Morgan fingerprint density at radius 1 is 1.19 bits per heavy atom. The third-order valence-electron chi connectivity index (χ3n) is 4.73. The van der Waals surface area contributed by atoms with Crippen LogP contribution in [0.1, 0.15) is 48.6 Å². The van der Waals surface area contributed by atoms with E-state index in [1.54, 1.807) is 13.1 Å². The Hall–Kier alpha value is -3.37. The average molecular weight is 450 g/mol. The largest absolute Gasteiger partial charge is 0.474 e. The van der Waals surface area contributed by atoms with Crippen molar-refractivity contribution in [3.8, 4) is 17.1 Å². The molecule has 0 saturated carbocycles. The lowest BCUT2D eigenvalue weighted by atomic mass is 10.1. The fourth-order valence-corrected chi connectivity index (χ4v) is 3.27. The molecule has 172 valence electrons. The molecule has 1 aliphatic heterocycles. The van der Waals surface area contributed by atoms with Crippen LogP contribution in [-0.2, 0) is 26.2 Å². The Morgan fingerprint density at radius 3 is 2.53 bits per heavy atom. The van der Waals surface area contributed by atoms with E-state index in [4.69, 9.17) is 10.5 Å². The van der Waals surface area contributed by atoms with Crippen LogP contribution in [0, 0.1) is 0 Å². The lowest BCUT2D eigenvalue weighted by molar-refractivity contribution is -0.141. The molecule has 0 spiro atoms. The van der Waals surface area contributed by atoms with E-state index in [2.05, 4.69) is 15.2 Å². The number of amides is 1. The predicted octanol–water partition coefficient (Wildman–Crippen LogP) is 3.61. The van der Waals surface area contributed by atoms with Crippen LogP contribution in [0.4, 0.5) is 13.2 Å². The number of pyridine rings is 1. The van der Waals surface area contributed by atoms with Crippen molar-refractivity contribution in [1.82, 2.24) is 24.5 Å². The van der Waals surface area contributed by atoms with Gasteiger partial charge >= 0.3 is 6.18 Å². The van der Waals surface area contributed by atoms with E-state index in [-0.39, 0.29) is 6.10 Å². The maximum absolute atomic E-state index is 12.6. The molecule has 0 unspecified atom stereocenters. The van der Waals surface area contributed by atoms with Gasteiger partial charge in [0.25, 0.3) is 5.91 Å². The number of aromatic nitrogens is 5. The van der Waals surface area contributed by atoms with Crippen molar-refractivity contribution in [3.05, 3.63) is 47.5 Å². The van der Waals surface area contributed by atoms with Crippen LogP contribution in [0.3, 0.4) is 0 Å². The molecule has 4 rings (SSSR count). The van der Waals surface area contributed by atoms with Crippen molar-refractivity contribution in [2.75, 3.05) is 0 Å². The highest BCUT2D eigenvalue weighted by Gasteiger charge is 2.32. The molecule has 0 aliphatic carbocycles. The summed E-state index contributed by atoms with van der Waals surface area (Å²) in [6, 6.07) is 6.01. The molecule has 3 aromatic heterocycles. The topological polar surface area (TPSA) is 101 Å². The number of alkyl halides is 3. The van der Waals surface area contributed by atoms with Crippen LogP contribution in [-0.4, -0.2) is 36.6 Å². The SMILES string of the molecule is CC(C)Oc1cc(C(N)=O)n(C)n1.FC(F)(F)c1cc(-c2cc3n(n2)CCCC3)ccn1. The predicted molar refractivity (Wildman–Crippen MR) is 111 cm³/mol. The van der Waals surface area contributed by atoms with Crippen LogP contribution < -0.4 is 10.5 Å². The summed E-state index contributed by atoms with van der Waals surface area (Å²) in [6.07, 6.45) is -0.0977. The zero-order valence-corrected chi connectivity index (χ0v) is 18.1. The smallest absolute Gasteiger partial charge is 0.433 e. The molecule has 8 nitrogen and oxygen atoms in total. The van der Waals surface area contributed by atoms with E-state index in [9.17, 15) is 18.0 Å². The van der Waals surface area contributed by atoms with Gasteiger partial charge < -0.3 is 10.5 Å². The number of nitrogens with two attached hydrogens (primary N) is 1. The number of hydrogen-bond acceptors (Lipinski definition) is 5. The van der Waals surface area contributed by atoms with Crippen LogP contribution in [0.5, 0.6) is 5.88 Å². The number of hydrogen-bond donors (Lipinski definition) is 1. The fourth-order valence-electron chi connectivity index (χ4n) is 3.27. The van der Waals surface area contributed by atoms with Gasteiger partial charge in [0.2, 0.25) is 5.88 Å². The van der Waals surface area contributed by atoms with E-state index in [1.165, 1.54) is 16.9 Å². The normalized spacial score (nSPS) is 13.3. The second kappa shape index (κ2) is 9.41. The van der Waals surface area contributed by atoms with Crippen molar-refractivity contribution in [1.29, 1.82) is 0 Å². The van der Waals surface area contributed by atoms with Gasteiger partial charge in [-0.15, -0.1) is 5.10 Å². The zero-order chi connectivity index (χ0) is 23.5. The number of aryl methyl sites for hydroxylation is 3. The van der Waals surface area contributed by atoms with Gasteiger partial charge in [0.15, 0.2) is 0 Å². The first-order valence-electron chi connectivity index (χ1n) is 10.2. The highest BCUT2D eigenvalue weighted by atomic mass is 19.4. The monoisotopic (exact) mass is 450 g/mol. The summed E-state index contributed by atoms with van der Waals surface area (Å²) in [5, 5.41) is 8.33.